The first-order chi connectivity index (χ1) is 41.8. The molecule has 1 aliphatic heterocycles. The number of esters is 1. The molecule has 3 aromatic heterocycles. The molecule has 0 radical (unpaired) electrons. The molecule has 0 atom stereocenters. The number of halogens is 1. The average molecular weight is 1480 g/mol. The van der Waals surface area contributed by atoms with Gasteiger partial charge in [0.2, 0.25) is 54.8 Å². The Kier molecular flexibility index (Phi) is 34.4. The minimum atomic E-state index is -4.22. The standard InChI is InChI=1S/C18H37N5O5S2Si.C15H29N3O7S2Si.C11H22ClN3O5S2Si.C8H17N/c1-7-13-29(24,25)18-19-17(20-23(18)15-28-12-14-31(4,5)6)30(26,27)22-10-8-16(9-11-22)21(2)3;1-6-9-27(22,23)15-16-14(26(20,21)10-7-13(19)24-2)17-18(15)12-25-8-11-28(3,4)5;1-5-7-21(16,17)11-13-10(22(12,18)19)14-15(11)9-20-6-8-23(2,3)4;1-9(2)8-6-4-3-5-7-8/h16H,7-15H2,1-6H3;6-12H2,1-5H3;5-9H2,1-4H3;8H,3-7H2,1-2H3. The van der Waals surface area contributed by atoms with Crippen LogP contribution in [0.4, 0.5) is 0 Å². The van der Waals surface area contributed by atoms with Crippen LogP contribution >= 0.6 is 10.7 Å². The topological polar surface area (TPSA) is 361 Å². The highest BCUT2D eigenvalue weighted by Crippen LogP contribution is 2.25. The molecule has 29 nitrogen and oxygen atoms in total. The smallest absolute Gasteiger partial charge is 0.306 e. The number of ether oxygens (including phenoxy) is 4. The minimum absolute atomic E-state index is 0.131. The number of hydrogen-bond acceptors (Lipinski definition) is 25. The van der Waals surface area contributed by atoms with E-state index in [2.05, 4.69) is 118 Å². The lowest BCUT2D eigenvalue weighted by molar-refractivity contribution is -0.140. The van der Waals surface area contributed by atoms with E-state index in [1.165, 1.54) is 36.4 Å². The van der Waals surface area contributed by atoms with Crippen molar-refractivity contribution in [2.75, 3.05) is 91.2 Å². The fourth-order valence-corrected chi connectivity index (χ4v) is 18.1. The van der Waals surface area contributed by atoms with Crippen molar-refractivity contribution < 1.29 is 74.2 Å². The molecule has 1 saturated carbocycles. The maximum Gasteiger partial charge on any atom is 0.306 e. The highest BCUT2D eigenvalue weighted by atomic mass is 35.7. The van der Waals surface area contributed by atoms with Gasteiger partial charge in [0.15, 0.2) is 0 Å². The van der Waals surface area contributed by atoms with E-state index >= 15 is 0 Å². The van der Waals surface area contributed by atoms with Gasteiger partial charge in [0.25, 0.3) is 34.5 Å². The molecule has 0 spiro atoms. The Bertz CT molecular complexity index is 3430. The third-order valence-electron chi connectivity index (χ3n) is 14.1. The number of aromatic nitrogens is 9. The Morgan fingerprint density at radius 3 is 1.14 bits per heavy atom. The second-order valence-corrected chi connectivity index (χ2v) is 55.6. The van der Waals surface area contributed by atoms with Gasteiger partial charge in [0, 0.05) is 79.9 Å². The van der Waals surface area contributed by atoms with Crippen molar-refractivity contribution in [3.8, 4) is 0 Å². The Morgan fingerprint density at radius 2 is 0.824 bits per heavy atom. The number of sulfonamides is 1. The molecule has 39 heteroatoms. The van der Waals surface area contributed by atoms with Gasteiger partial charge in [-0.15, -0.1) is 15.3 Å². The van der Waals surface area contributed by atoms with E-state index in [-0.39, 0.29) is 49.0 Å². The first kappa shape index (κ1) is 84.4. The number of methoxy groups -OCH3 is 1. The van der Waals surface area contributed by atoms with E-state index in [9.17, 15) is 55.3 Å². The Hall–Kier alpha value is -2.71. The van der Waals surface area contributed by atoms with Crippen LogP contribution in [0.2, 0.25) is 77.1 Å². The molecular formula is C52H105ClN12O17S6Si3. The van der Waals surface area contributed by atoms with Crippen molar-refractivity contribution >= 4 is 99.3 Å². The number of rotatable bonds is 33. The SMILES string of the molecule is CCCS(=O)(=O)c1nc(S(=O)(=O)CCC(=O)OC)nn1COCC[Si](C)(C)C.CCCS(=O)(=O)c1nc(S(=O)(=O)Cl)nn1COCC[Si](C)(C)C.CCCS(=O)(=O)c1nc(S(=O)(=O)N2CCC(N(C)C)CC2)nn1COCC[Si](C)(C)C.CN(C)C1CCCCC1. The molecule has 0 aromatic carbocycles. The first-order valence-corrected chi connectivity index (χ1v) is 52.1. The maximum absolute atomic E-state index is 13.1. The summed E-state index contributed by atoms with van der Waals surface area (Å²) in [5.41, 5.74) is 0. The van der Waals surface area contributed by atoms with Crippen LogP contribution in [0.3, 0.4) is 0 Å². The van der Waals surface area contributed by atoms with E-state index < -0.39 is 120 Å². The molecule has 4 heterocycles. The molecule has 5 rings (SSSR count). The van der Waals surface area contributed by atoms with Crippen LogP contribution in [0.5, 0.6) is 0 Å². The van der Waals surface area contributed by atoms with Crippen molar-refractivity contribution in [2.24, 2.45) is 0 Å². The highest BCUT2D eigenvalue weighted by molar-refractivity contribution is 8.13. The van der Waals surface area contributed by atoms with E-state index in [0.717, 1.165) is 45.3 Å². The van der Waals surface area contributed by atoms with Gasteiger partial charge in [-0.05, 0) is 91.3 Å². The summed E-state index contributed by atoms with van der Waals surface area (Å²) < 4.78 is 174. The van der Waals surface area contributed by atoms with Crippen LogP contribution in [0.15, 0.2) is 30.9 Å². The van der Waals surface area contributed by atoms with Crippen molar-refractivity contribution in [3.05, 3.63) is 0 Å². The van der Waals surface area contributed by atoms with Gasteiger partial charge in [0.1, 0.15) is 20.2 Å². The van der Waals surface area contributed by atoms with Crippen LogP contribution in [-0.2, 0) is 102 Å². The normalized spacial score (nSPS) is 15.6. The van der Waals surface area contributed by atoms with Gasteiger partial charge >= 0.3 is 5.97 Å². The van der Waals surface area contributed by atoms with Crippen molar-refractivity contribution in [3.63, 3.8) is 0 Å². The molecule has 2 fully saturated rings. The predicted octanol–water partition coefficient (Wildman–Crippen LogP) is 6.18. The third kappa shape index (κ3) is 30.1. The zero-order valence-corrected chi connectivity index (χ0v) is 65.3. The molecule has 91 heavy (non-hydrogen) atoms. The first-order valence-electron chi connectivity index (χ1n) is 30.6. The van der Waals surface area contributed by atoms with Crippen LogP contribution in [0.1, 0.15) is 91.4 Å². The molecule has 0 bridgehead atoms. The van der Waals surface area contributed by atoms with E-state index in [0.29, 0.717) is 71.1 Å². The second kappa shape index (κ2) is 37.1. The zero-order valence-electron chi connectivity index (χ0n) is 56.7. The minimum Gasteiger partial charge on any atom is -0.469 e. The van der Waals surface area contributed by atoms with Crippen LogP contribution < -0.4 is 0 Å². The van der Waals surface area contributed by atoms with Gasteiger partial charge in [-0.25, -0.2) is 64.6 Å². The number of carbonyl (C=O) groups excluding carboxylic acids is 1. The number of sulfone groups is 4. The van der Waals surface area contributed by atoms with Gasteiger partial charge in [-0.2, -0.15) is 19.3 Å². The molecule has 0 amide bonds. The molecule has 2 aliphatic rings. The summed E-state index contributed by atoms with van der Waals surface area (Å²) in [5, 5.41) is 8.49. The second-order valence-electron chi connectivity index (χ2n) is 26.5. The molecule has 1 saturated heterocycles. The molecule has 0 unspecified atom stereocenters. The summed E-state index contributed by atoms with van der Waals surface area (Å²) in [5.74, 6) is -1.76. The number of nitrogens with zero attached hydrogens (tertiary/aromatic N) is 12. The third-order valence-corrected chi connectivity index (χ3v) is 28.8. The average Bonchev–Trinajstić information content (AvgIpc) is 1.69. The predicted molar refractivity (Wildman–Crippen MR) is 357 cm³/mol. The summed E-state index contributed by atoms with van der Waals surface area (Å²) in [6.07, 6.45) is 9.34. The number of piperidine rings is 1. The lowest BCUT2D eigenvalue weighted by atomic mass is 9.95. The van der Waals surface area contributed by atoms with Gasteiger partial charge in [-0.3, -0.25) is 4.79 Å². The van der Waals surface area contributed by atoms with Gasteiger partial charge < -0.3 is 28.7 Å². The van der Waals surface area contributed by atoms with E-state index in [1.807, 2.05) is 14.1 Å². The maximum atomic E-state index is 13.1. The Labute approximate surface area is 551 Å². The summed E-state index contributed by atoms with van der Waals surface area (Å²) in [6.45, 7) is 26.3. The van der Waals surface area contributed by atoms with Crippen molar-refractivity contribution in [2.45, 2.75) is 232 Å². The Morgan fingerprint density at radius 1 is 0.495 bits per heavy atom. The monoisotopic (exact) mass is 1480 g/mol. The molecule has 530 valence electrons. The molecule has 3 aromatic rings. The lowest BCUT2D eigenvalue weighted by Gasteiger charge is -2.33. The van der Waals surface area contributed by atoms with Crippen LogP contribution in [-0.4, -0.2) is 242 Å². The van der Waals surface area contributed by atoms with Gasteiger partial charge in [0.05, 0.1) is 36.5 Å². The molecule has 1 aliphatic carbocycles. The number of carbonyl (C=O) groups is 1. The van der Waals surface area contributed by atoms with E-state index in [1.54, 1.807) is 20.8 Å². The summed E-state index contributed by atoms with van der Waals surface area (Å²) >= 11 is 0. The quantitative estimate of drug-likeness (QED) is 0.0284. The van der Waals surface area contributed by atoms with Crippen LogP contribution in [0.25, 0.3) is 0 Å². The Balaban J connectivity index is 0.000000437. The summed E-state index contributed by atoms with van der Waals surface area (Å²) in [7, 11) is -12.9. The summed E-state index contributed by atoms with van der Waals surface area (Å²) in [6, 6.07) is 3.86. The largest absolute Gasteiger partial charge is 0.469 e. The van der Waals surface area contributed by atoms with Crippen LogP contribution in [0, 0.1) is 0 Å². The summed E-state index contributed by atoms with van der Waals surface area (Å²) in [4.78, 5) is 27.0. The fourth-order valence-electron chi connectivity index (χ4n) is 8.60. The molecule has 0 N–H and O–H groups in total. The van der Waals surface area contributed by atoms with Crippen molar-refractivity contribution in [1.82, 2.24) is 58.4 Å². The lowest BCUT2D eigenvalue weighted by Crippen LogP contribution is -2.44. The number of hydrogen-bond donors (Lipinski definition) is 0. The fraction of sp³-hybridized carbons (Fsp3) is 0.865. The van der Waals surface area contributed by atoms with Gasteiger partial charge in [-0.1, -0.05) is 99.0 Å². The molecular weight excluding hydrogens is 1380 g/mol. The van der Waals surface area contributed by atoms with Crippen molar-refractivity contribution in [1.29, 1.82) is 0 Å². The zero-order chi connectivity index (χ0) is 69.6. The highest BCUT2D eigenvalue weighted by Gasteiger charge is 2.37. The van der Waals surface area contributed by atoms with E-state index in [4.69, 9.17) is 24.9 Å².